The summed E-state index contributed by atoms with van der Waals surface area (Å²) < 4.78 is 0. The van der Waals surface area contributed by atoms with Crippen molar-refractivity contribution in [2.24, 2.45) is 22.7 Å². The molecule has 0 radical (unpaired) electrons. The fourth-order valence-electron chi connectivity index (χ4n) is 3.55. The highest BCUT2D eigenvalue weighted by molar-refractivity contribution is 5.06. The first-order valence-electron chi connectivity index (χ1n) is 4.97. The summed E-state index contributed by atoms with van der Waals surface area (Å²) in [5, 5.41) is 0. The molecule has 0 aromatic rings. The largest absolute Gasteiger partial charge is 0.0615 e. The molecule has 11 heavy (non-hydrogen) atoms. The van der Waals surface area contributed by atoms with Gasteiger partial charge in [0.2, 0.25) is 0 Å². The van der Waals surface area contributed by atoms with Gasteiger partial charge in [-0.25, -0.2) is 0 Å². The molecule has 0 nitrogen and oxygen atoms in total. The third-order valence-electron chi connectivity index (χ3n) is 4.99. The molecular formula is C11H20. The molecule has 0 aromatic heterocycles. The van der Waals surface area contributed by atoms with E-state index in [1.807, 2.05) is 0 Å². The van der Waals surface area contributed by atoms with Crippen LogP contribution in [0, 0.1) is 22.7 Å². The Morgan fingerprint density at radius 1 is 1.18 bits per heavy atom. The molecule has 0 amide bonds. The topological polar surface area (TPSA) is 0 Å². The second kappa shape index (κ2) is 1.84. The Morgan fingerprint density at radius 3 is 2.09 bits per heavy atom. The van der Waals surface area contributed by atoms with Crippen molar-refractivity contribution in [1.82, 2.24) is 0 Å². The summed E-state index contributed by atoms with van der Waals surface area (Å²) in [6.07, 6.45) is 4.48. The van der Waals surface area contributed by atoms with Crippen LogP contribution in [0.1, 0.15) is 47.0 Å². The molecule has 3 atom stereocenters. The molecule has 64 valence electrons. The Hall–Kier alpha value is 0. The average molecular weight is 152 g/mol. The van der Waals surface area contributed by atoms with Crippen LogP contribution in [0.3, 0.4) is 0 Å². The third-order valence-corrected chi connectivity index (χ3v) is 4.99. The van der Waals surface area contributed by atoms with Crippen LogP contribution < -0.4 is 0 Å². The summed E-state index contributed by atoms with van der Waals surface area (Å²) in [5.74, 6) is 1.97. The minimum Gasteiger partial charge on any atom is -0.0615 e. The Bertz CT molecular complexity index is 176. The lowest BCUT2D eigenvalue weighted by molar-refractivity contribution is 0.0903. The standard InChI is InChI=1S/C11H20/c1-8-10(2,3)9-5-6-11(8,4)7-9/h8-9H,5-7H2,1-4H3/t8?,9-,11-/m1/s1. The fourth-order valence-corrected chi connectivity index (χ4v) is 3.55. The molecule has 0 spiro atoms. The molecule has 0 heteroatoms. The van der Waals surface area contributed by atoms with Gasteiger partial charge in [0.15, 0.2) is 0 Å². The quantitative estimate of drug-likeness (QED) is 0.498. The predicted octanol–water partition coefficient (Wildman–Crippen LogP) is 3.47. The SMILES string of the molecule is CC1C(C)(C)[C@@H]2CC[C@]1(C)C2. The zero-order valence-electron chi connectivity index (χ0n) is 8.28. The molecule has 0 N–H and O–H groups in total. The number of hydrogen-bond acceptors (Lipinski definition) is 0. The van der Waals surface area contributed by atoms with E-state index in [0.717, 1.165) is 11.8 Å². The Balaban J connectivity index is 2.34. The van der Waals surface area contributed by atoms with Gasteiger partial charge < -0.3 is 0 Å². The highest BCUT2D eigenvalue weighted by Gasteiger charge is 2.56. The minimum absolute atomic E-state index is 0.632. The molecule has 1 unspecified atom stereocenters. The highest BCUT2D eigenvalue weighted by atomic mass is 14.6. The molecule has 2 bridgehead atoms. The first kappa shape index (κ1) is 7.64. The van der Waals surface area contributed by atoms with Crippen LogP contribution in [0.2, 0.25) is 0 Å². The molecule has 2 aliphatic carbocycles. The molecular weight excluding hydrogens is 132 g/mol. The fraction of sp³-hybridized carbons (Fsp3) is 1.00. The maximum atomic E-state index is 2.49. The van der Waals surface area contributed by atoms with Crippen molar-refractivity contribution in [2.75, 3.05) is 0 Å². The van der Waals surface area contributed by atoms with Crippen molar-refractivity contribution in [3.63, 3.8) is 0 Å². The van der Waals surface area contributed by atoms with Crippen LogP contribution in [0.4, 0.5) is 0 Å². The summed E-state index contributed by atoms with van der Waals surface area (Å²) >= 11 is 0. The van der Waals surface area contributed by atoms with E-state index in [1.54, 1.807) is 0 Å². The van der Waals surface area contributed by atoms with E-state index in [1.165, 1.54) is 19.3 Å². The summed E-state index contributed by atoms with van der Waals surface area (Å²) in [4.78, 5) is 0. The van der Waals surface area contributed by atoms with E-state index in [2.05, 4.69) is 27.7 Å². The Morgan fingerprint density at radius 2 is 1.82 bits per heavy atom. The van der Waals surface area contributed by atoms with E-state index in [0.29, 0.717) is 10.8 Å². The van der Waals surface area contributed by atoms with Crippen molar-refractivity contribution in [2.45, 2.75) is 47.0 Å². The van der Waals surface area contributed by atoms with Gasteiger partial charge in [0.25, 0.3) is 0 Å². The molecule has 2 saturated carbocycles. The lowest BCUT2D eigenvalue weighted by Crippen LogP contribution is -2.32. The lowest BCUT2D eigenvalue weighted by atomic mass is 9.65. The van der Waals surface area contributed by atoms with Crippen LogP contribution in [0.15, 0.2) is 0 Å². The second-order valence-electron chi connectivity index (χ2n) is 5.64. The van der Waals surface area contributed by atoms with E-state index < -0.39 is 0 Å². The normalized spacial score (nSPS) is 53.5. The van der Waals surface area contributed by atoms with Crippen molar-refractivity contribution in [3.05, 3.63) is 0 Å². The van der Waals surface area contributed by atoms with Crippen molar-refractivity contribution in [3.8, 4) is 0 Å². The lowest BCUT2D eigenvalue weighted by Gasteiger charge is -2.40. The second-order valence-corrected chi connectivity index (χ2v) is 5.64. The van der Waals surface area contributed by atoms with E-state index in [9.17, 15) is 0 Å². The highest BCUT2D eigenvalue weighted by Crippen LogP contribution is 2.65. The summed E-state index contributed by atoms with van der Waals surface area (Å²) in [5.41, 5.74) is 1.33. The molecule has 2 rings (SSSR count). The van der Waals surface area contributed by atoms with Gasteiger partial charge in [0.1, 0.15) is 0 Å². The van der Waals surface area contributed by atoms with Gasteiger partial charge in [-0.05, 0) is 41.9 Å². The van der Waals surface area contributed by atoms with Gasteiger partial charge in [0, 0.05) is 0 Å². The molecule has 2 aliphatic rings. The van der Waals surface area contributed by atoms with Crippen LogP contribution in [-0.4, -0.2) is 0 Å². The smallest absolute Gasteiger partial charge is 0.0292 e. The van der Waals surface area contributed by atoms with E-state index >= 15 is 0 Å². The van der Waals surface area contributed by atoms with Crippen LogP contribution in [0.5, 0.6) is 0 Å². The third kappa shape index (κ3) is 0.761. The van der Waals surface area contributed by atoms with Crippen LogP contribution in [-0.2, 0) is 0 Å². The number of hydrogen-bond donors (Lipinski definition) is 0. The zero-order chi connectivity index (χ0) is 8.28. The van der Waals surface area contributed by atoms with Gasteiger partial charge in [-0.1, -0.05) is 27.7 Å². The van der Waals surface area contributed by atoms with Crippen LogP contribution in [0.25, 0.3) is 0 Å². The summed E-state index contributed by atoms with van der Waals surface area (Å²) in [6.45, 7) is 9.88. The predicted molar refractivity (Wildman–Crippen MR) is 48.4 cm³/mol. The molecule has 0 aromatic carbocycles. The van der Waals surface area contributed by atoms with Gasteiger partial charge in [-0.15, -0.1) is 0 Å². The average Bonchev–Trinajstić information content (AvgIpc) is 2.36. The number of rotatable bonds is 0. The van der Waals surface area contributed by atoms with Gasteiger partial charge >= 0.3 is 0 Å². The molecule has 0 saturated heterocycles. The maximum Gasteiger partial charge on any atom is -0.0292 e. The van der Waals surface area contributed by atoms with Gasteiger partial charge in [-0.2, -0.15) is 0 Å². The van der Waals surface area contributed by atoms with Crippen LogP contribution >= 0.6 is 0 Å². The van der Waals surface area contributed by atoms with Crippen molar-refractivity contribution in [1.29, 1.82) is 0 Å². The van der Waals surface area contributed by atoms with Gasteiger partial charge in [0.05, 0.1) is 0 Å². The summed E-state index contributed by atoms with van der Waals surface area (Å²) in [6, 6.07) is 0. The van der Waals surface area contributed by atoms with E-state index in [-0.39, 0.29) is 0 Å². The first-order chi connectivity index (χ1) is 4.97. The number of fused-ring (bicyclic) bond motifs is 2. The molecule has 0 aliphatic heterocycles. The zero-order valence-corrected chi connectivity index (χ0v) is 8.28. The van der Waals surface area contributed by atoms with E-state index in [4.69, 9.17) is 0 Å². The van der Waals surface area contributed by atoms with Crippen molar-refractivity contribution < 1.29 is 0 Å². The van der Waals surface area contributed by atoms with Crippen molar-refractivity contribution >= 4 is 0 Å². The minimum atomic E-state index is 0.632. The molecule has 0 heterocycles. The first-order valence-corrected chi connectivity index (χ1v) is 4.97. The maximum absolute atomic E-state index is 2.49. The molecule has 2 fully saturated rings. The monoisotopic (exact) mass is 152 g/mol. The summed E-state index contributed by atoms with van der Waals surface area (Å²) in [7, 11) is 0. The Kier molecular flexibility index (Phi) is 1.28. The Labute approximate surface area is 70.4 Å². The van der Waals surface area contributed by atoms with Gasteiger partial charge in [-0.3, -0.25) is 0 Å².